The predicted molar refractivity (Wildman–Crippen MR) is 64.5 cm³/mol. The number of rotatable bonds is 4. The fraction of sp³-hybridized carbons (Fsp3) is 0.636. The number of aromatic nitrogens is 2. The Hall–Kier alpha value is -0.830. The average molecular weight is 228 g/mol. The maximum atomic E-state index is 5.85. The van der Waals surface area contributed by atoms with Crippen molar-refractivity contribution in [2.75, 3.05) is 17.7 Å². The molecule has 1 rings (SSSR count). The van der Waals surface area contributed by atoms with E-state index in [-0.39, 0.29) is 5.41 Å². The molecule has 0 fully saturated rings. The van der Waals surface area contributed by atoms with E-state index in [1.54, 1.807) is 0 Å². The van der Waals surface area contributed by atoms with Crippen molar-refractivity contribution in [3.8, 4) is 0 Å². The number of nitrogens with one attached hydrogen (secondary N) is 1. The van der Waals surface area contributed by atoms with E-state index in [2.05, 4.69) is 29.1 Å². The normalized spacial score (nSPS) is 11.5. The van der Waals surface area contributed by atoms with Crippen molar-refractivity contribution in [2.24, 2.45) is 5.41 Å². The zero-order valence-corrected chi connectivity index (χ0v) is 10.5. The van der Waals surface area contributed by atoms with Crippen LogP contribution in [0.4, 0.5) is 5.82 Å². The molecule has 0 aliphatic heterocycles. The molecule has 0 spiro atoms. The SMILES string of the molecule is Cc1cc(NCC(C)(C)CCl)nc(C)n1. The maximum absolute atomic E-state index is 5.85. The van der Waals surface area contributed by atoms with Crippen molar-refractivity contribution >= 4 is 17.4 Å². The van der Waals surface area contributed by atoms with Crippen LogP contribution in [0.2, 0.25) is 0 Å². The van der Waals surface area contributed by atoms with E-state index in [0.717, 1.165) is 23.9 Å². The Balaban J connectivity index is 2.65. The van der Waals surface area contributed by atoms with Crippen molar-refractivity contribution in [3.05, 3.63) is 17.6 Å². The molecule has 84 valence electrons. The highest BCUT2D eigenvalue weighted by molar-refractivity contribution is 6.18. The molecule has 1 aromatic heterocycles. The lowest BCUT2D eigenvalue weighted by Gasteiger charge is -2.22. The minimum absolute atomic E-state index is 0.0777. The van der Waals surface area contributed by atoms with Gasteiger partial charge in [-0.3, -0.25) is 0 Å². The molecule has 4 heteroatoms. The first-order chi connectivity index (χ1) is 6.93. The van der Waals surface area contributed by atoms with Crippen molar-refractivity contribution in [1.29, 1.82) is 0 Å². The Morgan fingerprint density at radius 1 is 1.33 bits per heavy atom. The van der Waals surface area contributed by atoms with Gasteiger partial charge in [0, 0.05) is 24.2 Å². The Kier molecular flexibility index (Phi) is 3.91. The number of halogens is 1. The zero-order valence-electron chi connectivity index (χ0n) is 9.76. The summed E-state index contributed by atoms with van der Waals surface area (Å²) in [5.41, 5.74) is 1.06. The van der Waals surface area contributed by atoms with E-state index in [1.807, 2.05) is 19.9 Å². The second kappa shape index (κ2) is 4.79. The van der Waals surface area contributed by atoms with E-state index in [9.17, 15) is 0 Å². The van der Waals surface area contributed by atoms with E-state index in [1.165, 1.54) is 0 Å². The van der Waals surface area contributed by atoms with Gasteiger partial charge in [0.2, 0.25) is 0 Å². The second-order valence-electron chi connectivity index (χ2n) is 4.59. The van der Waals surface area contributed by atoms with Crippen molar-refractivity contribution in [3.63, 3.8) is 0 Å². The monoisotopic (exact) mass is 227 g/mol. The van der Waals surface area contributed by atoms with Crippen LogP contribution >= 0.6 is 11.6 Å². The molecule has 0 atom stereocenters. The molecule has 1 aromatic rings. The molecule has 0 aliphatic carbocycles. The third-order valence-electron chi connectivity index (χ3n) is 2.08. The summed E-state index contributed by atoms with van der Waals surface area (Å²) in [4.78, 5) is 8.53. The fourth-order valence-corrected chi connectivity index (χ4v) is 1.28. The van der Waals surface area contributed by atoms with Gasteiger partial charge in [0.1, 0.15) is 11.6 Å². The van der Waals surface area contributed by atoms with Gasteiger partial charge in [0.15, 0.2) is 0 Å². The molecule has 0 radical (unpaired) electrons. The summed E-state index contributed by atoms with van der Waals surface area (Å²) in [6.45, 7) is 8.91. The Labute approximate surface area is 96.3 Å². The Bertz CT molecular complexity index is 316. The number of hydrogen-bond donors (Lipinski definition) is 1. The topological polar surface area (TPSA) is 37.8 Å². The summed E-state index contributed by atoms with van der Waals surface area (Å²) in [6, 6.07) is 1.94. The van der Waals surface area contributed by atoms with Gasteiger partial charge in [-0.25, -0.2) is 9.97 Å². The summed E-state index contributed by atoms with van der Waals surface area (Å²) < 4.78 is 0. The van der Waals surface area contributed by atoms with Crippen LogP contribution in [-0.2, 0) is 0 Å². The predicted octanol–water partition coefficient (Wildman–Crippen LogP) is 2.77. The lowest BCUT2D eigenvalue weighted by atomic mass is 9.97. The second-order valence-corrected chi connectivity index (χ2v) is 4.86. The Morgan fingerprint density at radius 3 is 2.53 bits per heavy atom. The molecule has 0 unspecified atom stereocenters. The average Bonchev–Trinajstić information content (AvgIpc) is 2.14. The largest absolute Gasteiger partial charge is 0.369 e. The Morgan fingerprint density at radius 2 is 2.00 bits per heavy atom. The van der Waals surface area contributed by atoms with E-state index in [0.29, 0.717) is 5.88 Å². The molecule has 0 amide bonds. The van der Waals surface area contributed by atoms with Crippen LogP contribution < -0.4 is 5.32 Å². The lowest BCUT2D eigenvalue weighted by Crippen LogP contribution is -2.25. The van der Waals surface area contributed by atoms with Crippen LogP contribution in [0.5, 0.6) is 0 Å². The minimum atomic E-state index is 0.0777. The molecule has 15 heavy (non-hydrogen) atoms. The lowest BCUT2D eigenvalue weighted by molar-refractivity contribution is 0.449. The molecule has 1 heterocycles. The molecular weight excluding hydrogens is 210 g/mol. The number of hydrogen-bond acceptors (Lipinski definition) is 3. The van der Waals surface area contributed by atoms with Gasteiger partial charge in [0.05, 0.1) is 0 Å². The minimum Gasteiger partial charge on any atom is -0.369 e. The van der Waals surface area contributed by atoms with Gasteiger partial charge in [-0.05, 0) is 19.3 Å². The van der Waals surface area contributed by atoms with Crippen LogP contribution in [0.1, 0.15) is 25.4 Å². The zero-order chi connectivity index (χ0) is 11.5. The standard InChI is InChI=1S/C11H18ClN3/c1-8-5-10(15-9(2)14-8)13-7-11(3,4)6-12/h5H,6-7H2,1-4H3,(H,13,14,15). The van der Waals surface area contributed by atoms with Crippen molar-refractivity contribution in [2.45, 2.75) is 27.7 Å². The fourth-order valence-electron chi connectivity index (χ4n) is 1.18. The van der Waals surface area contributed by atoms with Gasteiger partial charge in [-0.1, -0.05) is 13.8 Å². The van der Waals surface area contributed by atoms with Crippen LogP contribution in [0.15, 0.2) is 6.07 Å². The first kappa shape index (κ1) is 12.2. The van der Waals surface area contributed by atoms with Crippen molar-refractivity contribution < 1.29 is 0 Å². The third kappa shape index (κ3) is 4.04. The molecule has 0 aromatic carbocycles. The van der Waals surface area contributed by atoms with Gasteiger partial charge in [-0.15, -0.1) is 11.6 Å². The molecule has 3 nitrogen and oxygen atoms in total. The molecule has 1 N–H and O–H groups in total. The van der Waals surface area contributed by atoms with Gasteiger partial charge in [-0.2, -0.15) is 0 Å². The van der Waals surface area contributed by atoms with E-state index in [4.69, 9.17) is 11.6 Å². The first-order valence-electron chi connectivity index (χ1n) is 5.05. The summed E-state index contributed by atoms with van der Waals surface area (Å²) >= 11 is 5.85. The smallest absolute Gasteiger partial charge is 0.129 e. The first-order valence-corrected chi connectivity index (χ1v) is 5.58. The van der Waals surface area contributed by atoms with Crippen molar-refractivity contribution in [1.82, 2.24) is 9.97 Å². The number of aryl methyl sites for hydroxylation is 2. The molecule has 0 aliphatic rings. The number of anilines is 1. The third-order valence-corrected chi connectivity index (χ3v) is 2.80. The van der Waals surface area contributed by atoms with Crippen LogP contribution in [0.25, 0.3) is 0 Å². The highest BCUT2D eigenvalue weighted by Gasteiger charge is 2.16. The quantitative estimate of drug-likeness (QED) is 0.804. The highest BCUT2D eigenvalue weighted by Crippen LogP contribution is 2.17. The van der Waals surface area contributed by atoms with Gasteiger partial charge < -0.3 is 5.32 Å². The van der Waals surface area contributed by atoms with E-state index >= 15 is 0 Å². The molecular formula is C11H18ClN3. The van der Waals surface area contributed by atoms with Crippen LogP contribution in [0, 0.1) is 19.3 Å². The highest BCUT2D eigenvalue weighted by atomic mass is 35.5. The number of nitrogens with zero attached hydrogens (tertiary/aromatic N) is 2. The maximum Gasteiger partial charge on any atom is 0.129 e. The van der Waals surface area contributed by atoms with Crippen LogP contribution in [-0.4, -0.2) is 22.4 Å². The molecule has 0 bridgehead atoms. The summed E-state index contributed by atoms with van der Waals surface area (Å²) in [7, 11) is 0. The molecule has 0 saturated heterocycles. The van der Waals surface area contributed by atoms with E-state index < -0.39 is 0 Å². The molecule has 0 saturated carbocycles. The summed E-state index contributed by atoms with van der Waals surface area (Å²) in [6.07, 6.45) is 0. The van der Waals surface area contributed by atoms with Gasteiger partial charge in [0.25, 0.3) is 0 Å². The number of alkyl halides is 1. The summed E-state index contributed by atoms with van der Waals surface area (Å²) in [5, 5.41) is 3.28. The van der Waals surface area contributed by atoms with Gasteiger partial charge >= 0.3 is 0 Å². The van der Waals surface area contributed by atoms with Crippen LogP contribution in [0.3, 0.4) is 0 Å². The summed E-state index contributed by atoms with van der Waals surface area (Å²) in [5.74, 6) is 2.29.